The summed E-state index contributed by atoms with van der Waals surface area (Å²) in [5.41, 5.74) is 1.90. The molecule has 3 aromatic rings. The van der Waals surface area contributed by atoms with E-state index in [4.69, 9.17) is 27.3 Å². The van der Waals surface area contributed by atoms with Crippen LogP contribution in [-0.4, -0.2) is 69.7 Å². The Morgan fingerprint density at radius 3 is 1.21 bits per heavy atom. The molecule has 0 unspecified atom stereocenters. The van der Waals surface area contributed by atoms with E-state index in [1.165, 1.54) is 24.3 Å². The highest BCUT2D eigenvalue weighted by molar-refractivity contribution is 9.13. The number of hydrogen-bond acceptors (Lipinski definition) is 10. The van der Waals surface area contributed by atoms with Crippen molar-refractivity contribution in [3.05, 3.63) is 80.7 Å². The third-order valence-electron chi connectivity index (χ3n) is 5.51. The monoisotopic (exact) mass is 750 g/mol. The average molecular weight is 752 g/mol. The van der Waals surface area contributed by atoms with Crippen LogP contribution in [0.1, 0.15) is 11.1 Å². The third-order valence-corrected chi connectivity index (χ3v) is 10.0. The molecular formula is C28H32Br2O10S2. The van der Waals surface area contributed by atoms with Crippen molar-refractivity contribution in [1.29, 1.82) is 0 Å². The molecule has 0 N–H and O–H groups in total. The summed E-state index contributed by atoms with van der Waals surface area (Å²) < 4.78 is 82.9. The Hall–Kier alpha value is -2.04. The molecule has 0 spiro atoms. The topological polar surface area (TPSA) is 124 Å². The molecule has 0 atom stereocenters. The number of aryl methyl sites for hydroxylation is 2. The van der Waals surface area contributed by atoms with Gasteiger partial charge in [-0.1, -0.05) is 35.4 Å². The lowest BCUT2D eigenvalue weighted by Crippen LogP contribution is -2.15. The summed E-state index contributed by atoms with van der Waals surface area (Å²) in [6, 6.07) is 16.3. The molecule has 3 aromatic carbocycles. The van der Waals surface area contributed by atoms with Crippen LogP contribution in [0.3, 0.4) is 0 Å². The van der Waals surface area contributed by atoms with Gasteiger partial charge >= 0.3 is 0 Å². The summed E-state index contributed by atoms with van der Waals surface area (Å²) in [5, 5.41) is 0. The van der Waals surface area contributed by atoms with Gasteiger partial charge in [-0.3, -0.25) is 8.37 Å². The van der Waals surface area contributed by atoms with Crippen LogP contribution in [0.25, 0.3) is 0 Å². The van der Waals surface area contributed by atoms with Gasteiger partial charge in [-0.15, -0.1) is 0 Å². The van der Waals surface area contributed by atoms with E-state index in [0.29, 0.717) is 11.5 Å². The second-order valence-electron chi connectivity index (χ2n) is 8.81. The molecule has 10 nitrogen and oxygen atoms in total. The second-order valence-corrected chi connectivity index (χ2v) is 13.8. The van der Waals surface area contributed by atoms with Gasteiger partial charge in [-0.05, 0) is 82.1 Å². The zero-order valence-electron chi connectivity index (χ0n) is 23.1. The molecular weight excluding hydrogens is 720 g/mol. The van der Waals surface area contributed by atoms with E-state index >= 15 is 0 Å². The quantitative estimate of drug-likeness (QED) is 0.123. The van der Waals surface area contributed by atoms with E-state index in [0.717, 1.165) is 20.1 Å². The molecule has 0 amide bonds. The second kappa shape index (κ2) is 16.7. The van der Waals surface area contributed by atoms with E-state index < -0.39 is 20.2 Å². The van der Waals surface area contributed by atoms with Gasteiger partial charge in [-0.2, -0.15) is 16.8 Å². The van der Waals surface area contributed by atoms with E-state index in [1.54, 1.807) is 36.4 Å². The first-order valence-corrected chi connectivity index (χ1v) is 17.2. The Balaban J connectivity index is 1.34. The minimum Gasteiger partial charge on any atom is -0.487 e. The fourth-order valence-corrected chi connectivity index (χ4v) is 5.74. The molecule has 42 heavy (non-hydrogen) atoms. The van der Waals surface area contributed by atoms with Gasteiger partial charge < -0.3 is 18.9 Å². The normalized spacial score (nSPS) is 11.9. The molecule has 0 aliphatic heterocycles. The maximum absolute atomic E-state index is 12.2. The minimum atomic E-state index is -3.84. The zero-order chi connectivity index (χ0) is 30.6. The number of halogens is 2. The van der Waals surface area contributed by atoms with Crippen LogP contribution in [0.15, 0.2) is 79.4 Å². The molecule has 0 saturated heterocycles. The molecule has 0 aromatic heterocycles. The summed E-state index contributed by atoms with van der Waals surface area (Å²) in [6.45, 7) is 4.35. The lowest BCUT2D eigenvalue weighted by molar-refractivity contribution is 0.0712. The first-order chi connectivity index (χ1) is 20.0. The first-order valence-electron chi connectivity index (χ1n) is 12.8. The molecule has 0 bridgehead atoms. The number of rotatable bonds is 18. The van der Waals surface area contributed by atoms with Crippen molar-refractivity contribution < 1.29 is 44.1 Å². The largest absolute Gasteiger partial charge is 0.487 e. The fraction of sp³-hybridized carbons (Fsp3) is 0.357. The first kappa shape index (κ1) is 34.5. The number of hydrogen-bond donors (Lipinski definition) is 0. The molecule has 3 rings (SSSR count). The summed E-state index contributed by atoms with van der Waals surface area (Å²) in [6.07, 6.45) is 0. The van der Waals surface area contributed by atoms with Crippen LogP contribution >= 0.6 is 31.9 Å². The van der Waals surface area contributed by atoms with Crippen molar-refractivity contribution in [1.82, 2.24) is 0 Å². The Morgan fingerprint density at radius 1 is 0.524 bits per heavy atom. The van der Waals surface area contributed by atoms with Crippen molar-refractivity contribution in [2.24, 2.45) is 0 Å². The maximum Gasteiger partial charge on any atom is 0.297 e. The summed E-state index contributed by atoms with van der Waals surface area (Å²) in [4.78, 5) is 0.184. The van der Waals surface area contributed by atoms with Gasteiger partial charge in [0.05, 0.1) is 49.4 Å². The average Bonchev–Trinajstić information content (AvgIpc) is 2.94. The van der Waals surface area contributed by atoms with E-state index in [2.05, 4.69) is 31.9 Å². The number of benzene rings is 3. The molecule has 230 valence electrons. The standard InChI is InChI=1S/C28H32Br2O10S2/c1-21-3-7-23(8-4-21)41(31,32)39-17-13-35-11-15-37-27-19-25(29)26(30)20-28(27)38-16-12-36-14-18-40-42(33,34)24-9-5-22(2)6-10-24/h3-10,19-20H,11-18H2,1-2H3. The third kappa shape index (κ3) is 11.2. The van der Waals surface area contributed by atoms with Crippen molar-refractivity contribution >= 4 is 52.1 Å². The number of ether oxygens (including phenoxy) is 4. The van der Waals surface area contributed by atoms with Crippen molar-refractivity contribution in [2.45, 2.75) is 23.6 Å². The molecule has 0 radical (unpaired) electrons. The van der Waals surface area contributed by atoms with Crippen LogP contribution in [0.4, 0.5) is 0 Å². The van der Waals surface area contributed by atoms with Gasteiger partial charge in [0.25, 0.3) is 20.2 Å². The molecule has 14 heteroatoms. The Labute approximate surface area is 263 Å². The summed E-state index contributed by atoms with van der Waals surface area (Å²) >= 11 is 6.87. The summed E-state index contributed by atoms with van der Waals surface area (Å²) in [7, 11) is -7.69. The fourth-order valence-electron chi connectivity index (χ4n) is 3.31. The van der Waals surface area contributed by atoms with E-state index in [-0.39, 0.29) is 62.6 Å². The highest BCUT2D eigenvalue weighted by Crippen LogP contribution is 2.36. The van der Waals surface area contributed by atoms with Crippen molar-refractivity contribution in [2.75, 3.05) is 52.9 Å². The Morgan fingerprint density at radius 2 is 0.857 bits per heavy atom. The van der Waals surface area contributed by atoms with Gasteiger partial charge in [-0.25, -0.2) is 0 Å². The highest BCUT2D eigenvalue weighted by Gasteiger charge is 2.16. The SMILES string of the molecule is Cc1ccc(S(=O)(=O)OCCOCCOc2cc(Br)c(Br)cc2OCCOCCOS(=O)(=O)c2ccc(C)cc2)cc1. The Kier molecular flexibility index (Phi) is 13.7. The van der Waals surface area contributed by atoms with Crippen molar-refractivity contribution in [3.63, 3.8) is 0 Å². The van der Waals surface area contributed by atoms with Gasteiger partial charge in [0.2, 0.25) is 0 Å². The maximum atomic E-state index is 12.2. The Bertz CT molecular complexity index is 1380. The predicted molar refractivity (Wildman–Crippen MR) is 163 cm³/mol. The van der Waals surface area contributed by atoms with Crippen molar-refractivity contribution in [3.8, 4) is 11.5 Å². The highest BCUT2D eigenvalue weighted by atomic mass is 79.9. The van der Waals surface area contributed by atoms with Crippen LogP contribution in [0, 0.1) is 13.8 Å². The summed E-state index contributed by atoms with van der Waals surface area (Å²) in [5.74, 6) is 0.916. The molecule has 0 aliphatic rings. The molecule has 0 aliphatic carbocycles. The molecule has 0 fully saturated rings. The smallest absolute Gasteiger partial charge is 0.297 e. The molecule has 0 heterocycles. The minimum absolute atomic E-state index is 0.0647. The van der Waals surface area contributed by atoms with Gasteiger partial charge in [0, 0.05) is 8.95 Å². The zero-order valence-corrected chi connectivity index (χ0v) is 27.9. The van der Waals surface area contributed by atoms with Crippen LogP contribution in [-0.2, 0) is 38.1 Å². The van der Waals surface area contributed by atoms with Crippen LogP contribution in [0.5, 0.6) is 11.5 Å². The predicted octanol–water partition coefficient (Wildman–Crippen LogP) is 5.43. The molecule has 0 saturated carbocycles. The van der Waals surface area contributed by atoms with Gasteiger partial charge in [0.1, 0.15) is 13.2 Å². The van der Waals surface area contributed by atoms with Gasteiger partial charge in [0.15, 0.2) is 11.5 Å². The van der Waals surface area contributed by atoms with E-state index in [9.17, 15) is 16.8 Å². The van der Waals surface area contributed by atoms with Crippen LogP contribution < -0.4 is 9.47 Å². The van der Waals surface area contributed by atoms with E-state index in [1.807, 2.05) is 13.8 Å². The van der Waals surface area contributed by atoms with Crippen LogP contribution in [0.2, 0.25) is 0 Å². The lowest BCUT2D eigenvalue weighted by atomic mass is 10.2. The lowest BCUT2D eigenvalue weighted by Gasteiger charge is -2.14.